The van der Waals surface area contributed by atoms with Crippen LogP contribution in [0, 0.1) is 11.3 Å². The van der Waals surface area contributed by atoms with Crippen molar-refractivity contribution < 1.29 is 4.74 Å². The molecule has 10 heavy (non-hydrogen) atoms. The molecule has 0 radical (unpaired) electrons. The topological polar surface area (TPSA) is 9.23 Å². The lowest BCUT2D eigenvalue weighted by Gasteiger charge is -2.38. The van der Waals surface area contributed by atoms with E-state index in [1.165, 1.54) is 6.42 Å². The molecule has 2 atom stereocenters. The van der Waals surface area contributed by atoms with Gasteiger partial charge in [-0.3, -0.25) is 0 Å². The highest BCUT2D eigenvalue weighted by atomic mass is 16.5. The maximum Gasteiger partial charge on any atom is 0.0597 e. The van der Waals surface area contributed by atoms with E-state index in [-0.39, 0.29) is 0 Å². The minimum Gasteiger partial charge on any atom is -0.378 e. The molecule has 1 heterocycles. The van der Waals surface area contributed by atoms with Crippen LogP contribution in [0.2, 0.25) is 0 Å². The van der Waals surface area contributed by atoms with Gasteiger partial charge in [0.15, 0.2) is 0 Å². The van der Waals surface area contributed by atoms with Crippen molar-refractivity contribution in [3.05, 3.63) is 0 Å². The molecule has 1 saturated heterocycles. The van der Waals surface area contributed by atoms with Gasteiger partial charge in [-0.05, 0) is 18.8 Å². The molecule has 0 saturated carbocycles. The molecule has 1 aliphatic heterocycles. The summed E-state index contributed by atoms with van der Waals surface area (Å²) in [5, 5.41) is 0. The Morgan fingerprint density at radius 3 is 2.10 bits per heavy atom. The van der Waals surface area contributed by atoms with Crippen LogP contribution in [0.4, 0.5) is 0 Å². The molecule has 0 amide bonds. The summed E-state index contributed by atoms with van der Waals surface area (Å²) < 4.78 is 5.29. The average molecular weight is 142 g/mol. The largest absolute Gasteiger partial charge is 0.378 e. The molecule has 0 spiro atoms. The summed E-state index contributed by atoms with van der Waals surface area (Å²) in [5.41, 5.74) is 0.475. The van der Waals surface area contributed by atoms with Gasteiger partial charge in [0.05, 0.1) is 12.7 Å². The molecule has 0 N–H and O–H groups in total. The minimum absolute atomic E-state index is 0.475. The van der Waals surface area contributed by atoms with Crippen LogP contribution < -0.4 is 0 Å². The second kappa shape index (κ2) is 2.54. The van der Waals surface area contributed by atoms with Gasteiger partial charge in [-0.1, -0.05) is 20.8 Å². The van der Waals surface area contributed by atoms with Crippen LogP contribution in [-0.2, 0) is 4.74 Å². The van der Waals surface area contributed by atoms with Crippen molar-refractivity contribution in [2.45, 2.75) is 40.2 Å². The molecule has 1 rings (SSSR count). The predicted octanol–water partition coefficient (Wildman–Crippen LogP) is 2.46. The number of rotatable bonds is 1. The third-order valence-electron chi connectivity index (χ3n) is 2.11. The Bertz CT molecular complexity index is 112. The van der Waals surface area contributed by atoms with Crippen LogP contribution in [0.1, 0.15) is 34.1 Å². The van der Waals surface area contributed by atoms with Gasteiger partial charge in [0.25, 0.3) is 0 Å². The van der Waals surface area contributed by atoms with Gasteiger partial charge in [0.1, 0.15) is 0 Å². The smallest absolute Gasteiger partial charge is 0.0597 e. The van der Waals surface area contributed by atoms with Crippen LogP contribution >= 0.6 is 0 Å². The first-order valence-electron chi connectivity index (χ1n) is 4.11. The van der Waals surface area contributed by atoms with Crippen LogP contribution in [0.5, 0.6) is 0 Å². The summed E-state index contributed by atoms with van der Waals surface area (Å²) in [6.45, 7) is 10.0. The fourth-order valence-corrected chi connectivity index (χ4v) is 1.44. The maximum absolute atomic E-state index is 5.29. The van der Waals surface area contributed by atoms with Crippen LogP contribution in [0.15, 0.2) is 0 Å². The first-order valence-corrected chi connectivity index (χ1v) is 4.11. The highest BCUT2D eigenvalue weighted by Crippen LogP contribution is 2.32. The van der Waals surface area contributed by atoms with E-state index in [0.717, 1.165) is 12.5 Å². The van der Waals surface area contributed by atoms with Crippen molar-refractivity contribution in [1.82, 2.24) is 0 Å². The monoisotopic (exact) mass is 142 g/mol. The molecule has 1 heteroatoms. The SMILES string of the molecule is C[C@H]1OC[C@@H]1CC(C)(C)C. The molecular weight excluding hydrogens is 124 g/mol. The van der Waals surface area contributed by atoms with E-state index in [4.69, 9.17) is 4.74 Å². The van der Waals surface area contributed by atoms with E-state index in [1.807, 2.05) is 0 Å². The molecule has 0 aromatic rings. The van der Waals surface area contributed by atoms with E-state index in [1.54, 1.807) is 0 Å². The lowest BCUT2D eigenvalue weighted by atomic mass is 9.81. The highest BCUT2D eigenvalue weighted by Gasteiger charge is 2.31. The fourth-order valence-electron chi connectivity index (χ4n) is 1.44. The van der Waals surface area contributed by atoms with Crippen molar-refractivity contribution in [1.29, 1.82) is 0 Å². The molecule has 0 aliphatic carbocycles. The Labute approximate surface area is 63.8 Å². The van der Waals surface area contributed by atoms with Gasteiger partial charge in [-0.25, -0.2) is 0 Å². The van der Waals surface area contributed by atoms with Gasteiger partial charge < -0.3 is 4.74 Å². The van der Waals surface area contributed by atoms with E-state index in [0.29, 0.717) is 11.5 Å². The third-order valence-corrected chi connectivity index (χ3v) is 2.11. The quantitative estimate of drug-likeness (QED) is 0.546. The first-order chi connectivity index (χ1) is 4.49. The van der Waals surface area contributed by atoms with Crippen LogP contribution in [0.25, 0.3) is 0 Å². The Hall–Kier alpha value is -0.0400. The van der Waals surface area contributed by atoms with Gasteiger partial charge in [-0.15, -0.1) is 0 Å². The average Bonchev–Trinajstić information content (AvgIpc) is 1.78. The second-order valence-corrected chi connectivity index (χ2v) is 4.56. The first kappa shape index (κ1) is 8.06. The molecule has 0 aromatic carbocycles. The summed E-state index contributed by atoms with van der Waals surface area (Å²) in [4.78, 5) is 0. The minimum atomic E-state index is 0.475. The van der Waals surface area contributed by atoms with Crippen LogP contribution in [-0.4, -0.2) is 12.7 Å². The Balaban J connectivity index is 2.26. The van der Waals surface area contributed by atoms with Gasteiger partial charge >= 0.3 is 0 Å². The van der Waals surface area contributed by atoms with Crippen molar-refractivity contribution in [3.63, 3.8) is 0 Å². The van der Waals surface area contributed by atoms with E-state index >= 15 is 0 Å². The molecule has 1 fully saturated rings. The normalized spacial score (nSPS) is 33.6. The standard InChI is InChI=1S/C9H18O/c1-7-8(6-10-7)5-9(2,3)4/h7-8H,5-6H2,1-4H3/t7-,8+/m1/s1. The van der Waals surface area contributed by atoms with Crippen molar-refractivity contribution in [3.8, 4) is 0 Å². The second-order valence-electron chi connectivity index (χ2n) is 4.56. The summed E-state index contributed by atoms with van der Waals surface area (Å²) in [6, 6.07) is 0. The highest BCUT2D eigenvalue weighted by molar-refractivity contribution is 4.79. The Morgan fingerprint density at radius 1 is 1.40 bits per heavy atom. The number of hydrogen-bond acceptors (Lipinski definition) is 1. The molecule has 0 unspecified atom stereocenters. The number of hydrogen-bond donors (Lipinski definition) is 0. The number of ether oxygens (including phenoxy) is 1. The van der Waals surface area contributed by atoms with Crippen LogP contribution in [0.3, 0.4) is 0 Å². The van der Waals surface area contributed by atoms with E-state index in [9.17, 15) is 0 Å². The van der Waals surface area contributed by atoms with E-state index in [2.05, 4.69) is 27.7 Å². The summed E-state index contributed by atoms with van der Waals surface area (Å²) in [6.07, 6.45) is 1.81. The molecule has 60 valence electrons. The lowest BCUT2D eigenvalue weighted by Crippen LogP contribution is -2.39. The van der Waals surface area contributed by atoms with Crippen molar-refractivity contribution >= 4 is 0 Å². The van der Waals surface area contributed by atoms with Gasteiger partial charge in [0.2, 0.25) is 0 Å². The van der Waals surface area contributed by atoms with Crippen molar-refractivity contribution in [2.75, 3.05) is 6.61 Å². The predicted molar refractivity (Wildman–Crippen MR) is 43.0 cm³/mol. The zero-order chi connectivity index (χ0) is 7.78. The molecular formula is C9H18O. The summed E-state index contributed by atoms with van der Waals surface area (Å²) in [5.74, 6) is 0.819. The van der Waals surface area contributed by atoms with Gasteiger partial charge in [-0.2, -0.15) is 0 Å². The molecule has 1 aliphatic rings. The van der Waals surface area contributed by atoms with Crippen molar-refractivity contribution in [2.24, 2.45) is 11.3 Å². The maximum atomic E-state index is 5.29. The summed E-state index contributed by atoms with van der Waals surface area (Å²) >= 11 is 0. The molecule has 0 aromatic heterocycles. The zero-order valence-corrected chi connectivity index (χ0v) is 7.48. The molecule has 1 nitrogen and oxygen atoms in total. The lowest BCUT2D eigenvalue weighted by molar-refractivity contribution is -0.115. The summed E-state index contributed by atoms with van der Waals surface area (Å²) in [7, 11) is 0. The van der Waals surface area contributed by atoms with Gasteiger partial charge in [0, 0.05) is 5.92 Å². The Kier molecular flexibility index (Phi) is 2.04. The Morgan fingerprint density at radius 2 is 2.00 bits per heavy atom. The third kappa shape index (κ3) is 1.98. The fraction of sp³-hybridized carbons (Fsp3) is 1.00. The van der Waals surface area contributed by atoms with E-state index < -0.39 is 0 Å². The zero-order valence-electron chi connectivity index (χ0n) is 7.48. The molecule has 0 bridgehead atoms.